The molecule has 0 atom stereocenters. The molecule has 0 aliphatic carbocycles. The Morgan fingerprint density at radius 3 is 2.70 bits per heavy atom. The van der Waals surface area contributed by atoms with E-state index in [0.29, 0.717) is 19.1 Å². The maximum atomic E-state index is 5.75. The molecule has 4 rings (SSSR count). The fraction of sp³-hybridized carbons (Fsp3) is 0.381. The largest absolute Gasteiger partial charge is 0.486 e. The van der Waals surface area contributed by atoms with Crippen LogP contribution >= 0.6 is 11.3 Å². The first-order valence-corrected chi connectivity index (χ1v) is 10.2. The maximum Gasteiger partial charge on any atom is 0.183 e. The lowest BCUT2D eigenvalue weighted by molar-refractivity contribution is 0.171. The van der Waals surface area contributed by atoms with Crippen LogP contribution in [0.15, 0.2) is 29.6 Å². The van der Waals surface area contributed by atoms with Gasteiger partial charge in [-0.1, -0.05) is 13.8 Å². The Hall–Kier alpha value is -2.47. The molecule has 3 aromatic rings. The number of aromatic nitrogens is 2. The molecule has 0 fully saturated rings. The number of hydrogen-bond acceptors (Lipinski definition) is 5. The molecular formula is C21H25N3O2S. The molecule has 1 N–H and O–H groups in total. The van der Waals surface area contributed by atoms with Crippen molar-refractivity contribution in [3.8, 4) is 28.4 Å². The Bertz CT molecular complexity index is 958. The van der Waals surface area contributed by atoms with Gasteiger partial charge in [0.2, 0.25) is 0 Å². The van der Waals surface area contributed by atoms with E-state index in [4.69, 9.17) is 14.5 Å². The number of anilines is 1. The molecule has 0 spiro atoms. The minimum absolute atomic E-state index is 0.594. The molecule has 1 aliphatic heterocycles. The molecule has 2 aromatic heterocycles. The van der Waals surface area contributed by atoms with Crippen molar-refractivity contribution in [2.75, 3.05) is 25.1 Å². The number of ether oxygens (including phenoxy) is 2. The first kappa shape index (κ1) is 17.9. The van der Waals surface area contributed by atoms with E-state index in [1.165, 1.54) is 11.4 Å². The molecule has 6 heteroatoms. The van der Waals surface area contributed by atoms with Gasteiger partial charge in [0.05, 0.1) is 5.69 Å². The van der Waals surface area contributed by atoms with Crippen molar-refractivity contribution < 1.29 is 9.47 Å². The third kappa shape index (κ3) is 3.54. The second-order valence-corrected chi connectivity index (χ2v) is 8.12. The van der Waals surface area contributed by atoms with Crippen LogP contribution in [0.1, 0.15) is 25.2 Å². The van der Waals surface area contributed by atoms with Gasteiger partial charge < -0.3 is 19.4 Å². The van der Waals surface area contributed by atoms with Crippen LogP contribution in [-0.4, -0.2) is 29.3 Å². The highest BCUT2D eigenvalue weighted by Gasteiger charge is 2.17. The van der Waals surface area contributed by atoms with E-state index in [0.717, 1.165) is 40.1 Å². The number of hydrogen-bond donors (Lipinski definition) is 1. The van der Waals surface area contributed by atoms with Crippen molar-refractivity contribution in [2.45, 2.75) is 27.7 Å². The highest BCUT2D eigenvalue weighted by molar-refractivity contribution is 7.14. The molecule has 0 saturated heterocycles. The molecule has 3 heterocycles. The second-order valence-electron chi connectivity index (χ2n) is 7.26. The Morgan fingerprint density at radius 2 is 1.93 bits per heavy atom. The summed E-state index contributed by atoms with van der Waals surface area (Å²) in [4.78, 5) is 4.78. The van der Waals surface area contributed by atoms with Crippen LogP contribution in [0.2, 0.25) is 0 Å². The summed E-state index contributed by atoms with van der Waals surface area (Å²) in [6, 6.07) is 8.31. The van der Waals surface area contributed by atoms with Gasteiger partial charge in [0.1, 0.15) is 13.2 Å². The van der Waals surface area contributed by atoms with Crippen LogP contribution in [0.4, 0.5) is 5.13 Å². The van der Waals surface area contributed by atoms with Crippen molar-refractivity contribution in [1.29, 1.82) is 0 Å². The molecule has 5 nitrogen and oxygen atoms in total. The zero-order valence-corrected chi connectivity index (χ0v) is 17.0. The fourth-order valence-corrected chi connectivity index (χ4v) is 4.08. The van der Waals surface area contributed by atoms with E-state index in [2.05, 4.69) is 61.2 Å². The molecular weight excluding hydrogens is 358 g/mol. The van der Waals surface area contributed by atoms with Crippen LogP contribution in [0.3, 0.4) is 0 Å². The summed E-state index contributed by atoms with van der Waals surface area (Å²) < 4.78 is 13.6. The average molecular weight is 384 g/mol. The number of nitrogens with zero attached hydrogens (tertiary/aromatic N) is 2. The molecule has 0 saturated carbocycles. The van der Waals surface area contributed by atoms with Gasteiger partial charge >= 0.3 is 0 Å². The average Bonchev–Trinajstić information content (AvgIpc) is 3.24. The first-order valence-electron chi connectivity index (χ1n) is 9.31. The van der Waals surface area contributed by atoms with Crippen molar-refractivity contribution in [2.24, 2.45) is 5.92 Å². The maximum absolute atomic E-state index is 5.75. The van der Waals surface area contributed by atoms with Gasteiger partial charge in [-0.3, -0.25) is 0 Å². The summed E-state index contributed by atoms with van der Waals surface area (Å²) in [7, 11) is 0. The zero-order valence-electron chi connectivity index (χ0n) is 16.2. The predicted molar refractivity (Wildman–Crippen MR) is 111 cm³/mol. The Balaban J connectivity index is 1.66. The van der Waals surface area contributed by atoms with E-state index >= 15 is 0 Å². The van der Waals surface area contributed by atoms with Crippen LogP contribution in [-0.2, 0) is 0 Å². The van der Waals surface area contributed by atoms with Crippen molar-refractivity contribution >= 4 is 16.5 Å². The second kappa shape index (κ2) is 7.27. The summed E-state index contributed by atoms with van der Waals surface area (Å²) in [5.41, 5.74) is 5.60. The zero-order chi connectivity index (χ0) is 19.0. The van der Waals surface area contributed by atoms with Gasteiger partial charge in [-0.05, 0) is 38.0 Å². The van der Waals surface area contributed by atoms with Gasteiger partial charge in [-0.2, -0.15) is 0 Å². The number of nitrogens with one attached hydrogen (secondary N) is 1. The Morgan fingerprint density at radius 1 is 1.15 bits per heavy atom. The van der Waals surface area contributed by atoms with E-state index in [1.807, 2.05) is 6.07 Å². The molecule has 1 aliphatic rings. The van der Waals surface area contributed by atoms with Crippen LogP contribution < -0.4 is 14.8 Å². The molecule has 1 aromatic carbocycles. The third-order valence-electron chi connectivity index (χ3n) is 4.66. The lowest BCUT2D eigenvalue weighted by atomic mass is 10.2. The van der Waals surface area contributed by atoms with Gasteiger partial charge in [0, 0.05) is 40.6 Å². The Kier molecular flexibility index (Phi) is 4.83. The molecule has 27 heavy (non-hydrogen) atoms. The molecule has 142 valence electrons. The fourth-order valence-electron chi connectivity index (χ4n) is 3.36. The minimum Gasteiger partial charge on any atom is -0.486 e. The highest BCUT2D eigenvalue weighted by atomic mass is 32.1. The van der Waals surface area contributed by atoms with Crippen LogP contribution in [0, 0.1) is 19.8 Å². The van der Waals surface area contributed by atoms with Gasteiger partial charge in [0.15, 0.2) is 16.6 Å². The summed E-state index contributed by atoms with van der Waals surface area (Å²) in [6.45, 7) is 10.8. The van der Waals surface area contributed by atoms with E-state index in [1.54, 1.807) is 11.3 Å². The minimum atomic E-state index is 0.594. The quantitative estimate of drug-likeness (QED) is 0.669. The van der Waals surface area contributed by atoms with Crippen molar-refractivity contribution in [3.05, 3.63) is 41.0 Å². The number of thiazole rings is 1. The SMILES string of the molecule is Cc1cc(-c2csc(NCC(C)C)n2)c(C)n1-c1ccc2c(c1)OCCO2. The lowest BCUT2D eigenvalue weighted by Gasteiger charge is -2.20. The summed E-state index contributed by atoms with van der Waals surface area (Å²) in [5, 5.41) is 6.51. The number of aryl methyl sites for hydroxylation is 1. The topological polar surface area (TPSA) is 48.3 Å². The van der Waals surface area contributed by atoms with Gasteiger partial charge in [0.25, 0.3) is 0 Å². The number of fused-ring (bicyclic) bond motifs is 1. The standard InChI is InChI=1S/C21H25N3O2S/c1-13(2)11-22-21-23-18(12-27-21)17-9-14(3)24(15(17)4)16-5-6-19-20(10-16)26-8-7-25-19/h5-6,9-10,12-13H,7-8,11H2,1-4H3,(H,22,23). The summed E-state index contributed by atoms with van der Waals surface area (Å²) in [6.07, 6.45) is 0. The van der Waals surface area contributed by atoms with E-state index in [-0.39, 0.29) is 0 Å². The van der Waals surface area contributed by atoms with Gasteiger partial charge in [-0.25, -0.2) is 4.98 Å². The highest BCUT2D eigenvalue weighted by Crippen LogP contribution is 2.35. The summed E-state index contributed by atoms with van der Waals surface area (Å²) >= 11 is 1.66. The van der Waals surface area contributed by atoms with Crippen LogP contribution in [0.5, 0.6) is 11.5 Å². The first-order chi connectivity index (χ1) is 13.0. The normalized spacial score (nSPS) is 13.2. The molecule has 0 radical (unpaired) electrons. The Labute approximate surface area is 164 Å². The number of benzene rings is 1. The van der Waals surface area contributed by atoms with E-state index < -0.39 is 0 Å². The van der Waals surface area contributed by atoms with Crippen molar-refractivity contribution in [1.82, 2.24) is 9.55 Å². The number of rotatable bonds is 5. The predicted octanol–water partition coefficient (Wildman–Crippen LogP) is 5.06. The third-order valence-corrected chi connectivity index (χ3v) is 5.46. The van der Waals surface area contributed by atoms with Crippen molar-refractivity contribution in [3.63, 3.8) is 0 Å². The molecule has 0 bridgehead atoms. The van der Waals surface area contributed by atoms with Crippen LogP contribution in [0.25, 0.3) is 16.9 Å². The summed E-state index contributed by atoms with van der Waals surface area (Å²) in [5.74, 6) is 2.22. The van der Waals surface area contributed by atoms with Gasteiger partial charge in [-0.15, -0.1) is 11.3 Å². The lowest BCUT2D eigenvalue weighted by Crippen LogP contribution is -2.15. The van der Waals surface area contributed by atoms with E-state index in [9.17, 15) is 0 Å². The molecule has 0 unspecified atom stereocenters. The smallest absolute Gasteiger partial charge is 0.183 e. The molecule has 0 amide bonds. The monoisotopic (exact) mass is 383 g/mol.